The van der Waals surface area contributed by atoms with Crippen molar-refractivity contribution in [3.8, 4) is 5.88 Å². The van der Waals surface area contributed by atoms with Crippen molar-refractivity contribution in [1.29, 1.82) is 0 Å². The van der Waals surface area contributed by atoms with Gasteiger partial charge in [0.25, 0.3) is 17.4 Å². The monoisotopic (exact) mass is 533 g/mol. The van der Waals surface area contributed by atoms with Crippen molar-refractivity contribution in [3.05, 3.63) is 67.0 Å². The van der Waals surface area contributed by atoms with Crippen molar-refractivity contribution in [3.63, 3.8) is 0 Å². The van der Waals surface area contributed by atoms with Gasteiger partial charge in [0.05, 0.1) is 17.7 Å². The standard InChI is InChI=1S/C26H32N6O3Si2/c1-19(33)31(36(2,3)4)25-29-23-22(27-18-28-23)24(32(25)37(5,6)7)35-26(34)30(20-14-10-8-11-15-20)21-16-12-9-13-17-21/h8-18H,1-7H3/p+1. The molecule has 192 valence electrons. The van der Waals surface area contributed by atoms with Crippen molar-refractivity contribution >= 4 is 57.0 Å². The van der Waals surface area contributed by atoms with Crippen LogP contribution in [0.1, 0.15) is 6.92 Å². The average Bonchev–Trinajstić information content (AvgIpc) is 3.27. The lowest BCUT2D eigenvalue weighted by Crippen LogP contribution is -2.65. The Labute approximate surface area is 218 Å². The Bertz CT molecular complexity index is 1390. The van der Waals surface area contributed by atoms with Crippen LogP contribution >= 0.6 is 0 Å². The van der Waals surface area contributed by atoms with Gasteiger partial charge in [0, 0.05) is 6.92 Å². The molecule has 0 spiro atoms. The number of fused-ring (bicyclic) bond motifs is 1. The second-order valence-corrected chi connectivity index (χ2v) is 20.3. The molecule has 11 heteroatoms. The lowest BCUT2D eigenvalue weighted by molar-refractivity contribution is -0.539. The summed E-state index contributed by atoms with van der Waals surface area (Å²) in [7, 11) is -4.55. The van der Waals surface area contributed by atoms with Gasteiger partial charge < -0.3 is 9.72 Å². The van der Waals surface area contributed by atoms with E-state index in [4.69, 9.17) is 9.72 Å². The van der Waals surface area contributed by atoms with Crippen molar-refractivity contribution in [2.75, 3.05) is 9.47 Å². The smallest absolute Gasteiger partial charge is 0.378 e. The van der Waals surface area contributed by atoms with E-state index in [1.165, 1.54) is 11.2 Å². The number of carbonyl (C=O) groups is 2. The first-order valence-electron chi connectivity index (χ1n) is 12.1. The van der Waals surface area contributed by atoms with E-state index in [0.717, 1.165) is 0 Å². The number of nitrogens with zero attached hydrogens (tertiary/aromatic N) is 5. The number of H-pyrrole nitrogens is 1. The van der Waals surface area contributed by atoms with E-state index in [1.807, 2.05) is 64.9 Å². The number of hydrogen-bond donors (Lipinski definition) is 1. The molecule has 1 N–H and O–H groups in total. The van der Waals surface area contributed by atoms with E-state index >= 15 is 0 Å². The minimum atomic E-state index is -2.32. The topological polar surface area (TPSA) is 95.3 Å². The second kappa shape index (κ2) is 9.90. The Morgan fingerprint density at radius 1 is 0.892 bits per heavy atom. The number of aromatic amines is 1. The number of anilines is 3. The third kappa shape index (κ3) is 5.32. The van der Waals surface area contributed by atoms with E-state index < -0.39 is 22.6 Å². The van der Waals surface area contributed by atoms with E-state index in [-0.39, 0.29) is 5.91 Å². The Morgan fingerprint density at radius 2 is 1.43 bits per heavy atom. The first kappa shape index (κ1) is 26.2. The Hall–Kier alpha value is -3.84. The van der Waals surface area contributed by atoms with Crippen molar-refractivity contribution in [2.24, 2.45) is 0 Å². The normalized spacial score (nSPS) is 11.9. The number of amides is 2. The molecule has 2 heterocycles. The van der Waals surface area contributed by atoms with Gasteiger partial charge in [-0.1, -0.05) is 41.4 Å². The third-order valence-electron chi connectivity index (χ3n) is 5.69. The number of para-hydroxylation sites is 2. The minimum absolute atomic E-state index is 0.110. The van der Waals surface area contributed by atoms with Crippen LogP contribution in [0.4, 0.5) is 22.1 Å². The molecule has 2 amide bonds. The molecule has 0 bridgehead atoms. The fourth-order valence-electron chi connectivity index (χ4n) is 4.28. The van der Waals surface area contributed by atoms with Crippen LogP contribution in [0.15, 0.2) is 67.0 Å². The number of benzene rings is 2. The lowest BCUT2D eigenvalue weighted by atomic mass is 10.2. The Morgan fingerprint density at radius 3 is 1.89 bits per heavy atom. The summed E-state index contributed by atoms with van der Waals surface area (Å²) in [5, 5.41) is 0. The molecule has 0 fully saturated rings. The summed E-state index contributed by atoms with van der Waals surface area (Å²) in [6.45, 7) is 14.1. The molecule has 0 saturated heterocycles. The minimum Gasteiger partial charge on any atom is -0.378 e. The zero-order valence-electron chi connectivity index (χ0n) is 22.3. The van der Waals surface area contributed by atoms with Crippen LogP contribution < -0.4 is 18.4 Å². The quantitative estimate of drug-likeness (QED) is 0.332. The zero-order chi connectivity index (χ0) is 27.0. The van der Waals surface area contributed by atoms with Crippen LogP contribution in [0.2, 0.25) is 39.3 Å². The fourth-order valence-corrected chi connectivity index (χ4v) is 7.59. The zero-order valence-corrected chi connectivity index (χ0v) is 24.3. The average molecular weight is 534 g/mol. The number of rotatable bonds is 6. The first-order valence-corrected chi connectivity index (χ1v) is 19.0. The molecule has 0 atom stereocenters. The van der Waals surface area contributed by atoms with Crippen molar-refractivity contribution < 1.29 is 18.6 Å². The molecule has 0 saturated carbocycles. The maximum Gasteiger partial charge on any atom is 0.426 e. The van der Waals surface area contributed by atoms with E-state index in [9.17, 15) is 9.59 Å². The summed E-state index contributed by atoms with van der Waals surface area (Å²) >= 11 is 0. The van der Waals surface area contributed by atoms with E-state index in [2.05, 4.69) is 49.3 Å². The summed E-state index contributed by atoms with van der Waals surface area (Å²) in [4.78, 5) is 40.7. The van der Waals surface area contributed by atoms with Gasteiger partial charge in [-0.3, -0.25) is 4.79 Å². The summed E-state index contributed by atoms with van der Waals surface area (Å²) in [6, 6.07) is 18.7. The van der Waals surface area contributed by atoms with Crippen LogP contribution in [0.3, 0.4) is 0 Å². The summed E-state index contributed by atoms with van der Waals surface area (Å²) < 4.78 is 9.96. The lowest BCUT2D eigenvalue weighted by Gasteiger charge is -2.31. The number of imidazole rings is 1. The molecule has 2 aromatic heterocycles. The van der Waals surface area contributed by atoms with Gasteiger partial charge in [-0.15, -0.1) is 0 Å². The van der Waals surface area contributed by atoms with Crippen LogP contribution in [-0.4, -0.2) is 43.4 Å². The number of hydrogen-bond acceptors (Lipinski definition) is 5. The third-order valence-corrected chi connectivity index (χ3v) is 9.30. The summed E-state index contributed by atoms with van der Waals surface area (Å²) in [5.74, 6) is 0.642. The van der Waals surface area contributed by atoms with Gasteiger partial charge in [0.2, 0.25) is 16.5 Å². The van der Waals surface area contributed by atoms with Gasteiger partial charge in [0.15, 0.2) is 5.52 Å². The number of nitrogens with one attached hydrogen (secondary N) is 1. The van der Waals surface area contributed by atoms with Crippen LogP contribution in [-0.2, 0) is 4.79 Å². The SMILES string of the molecule is CC(=O)N(c1nc2nc[nH]c2c(OC(=O)N(c2ccccc2)c2ccccc2)[n+]1[Si](C)(C)C)[Si](C)(C)C. The van der Waals surface area contributed by atoms with Gasteiger partial charge in [-0.25, -0.2) is 23.5 Å². The Balaban J connectivity index is 1.95. The van der Waals surface area contributed by atoms with Crippen LogP contribution in [0.25, 0.3) is 11.2 Å². The molecule has 0 aliphatic carbocycles. The van der Waals surface area contributed by atoms with Gasteiger partial charge in [0.1, 0.15) is 0 Å². The molecule has 2 aromatic carbocycles. The highest BCUT2D eigenvalue weighted by Gasteiger charge is 2.44. The molecule has 4 rings (SSSR count). The second-order valence-electron chi connectivity index (χ2n) is 10.7. The summed E-state index contributed by atoms with van der Waals surface area (Å²) in [5.41, 5.74) is 2.21. The predicted molar refractivity (Wildman–Crippen MR) is 150 cm³/mol. The summed E-state index contributed by atoms with van der Waals surface area (Å²) in [6.07, 6.45) is 0.936. The maximum atomic E-state index is 13.9. The van der Waals surface area contributed by atoms with E-state index in [0.29, 0.717) is 34.4 Å². The maximum absolute atomic E-state index is 13.9. The highest BCUT2D eigenvalue weighted by Crippen LogP contribution is 2.30. The number of carbonyl (C=O) groups excluding carboxylic acids is 2. The first-order chi connectivity index (χ1) is 17.4. The van der Waals surface area contributed by atoms with Crippen molar-refractivity contribution in [1.82, 2.24) is 15.0 Å². The number of aromatic nitrogens is 4. The van der Waals surface area contributed by atoms with Gasteiger partial charge >= 0.3 is 12.0 Å². The molecule has 37 heavy (non-hydrogen) atoms. The predicted octanol–water partition coefficient (Wildman–Crippen LogP) is 5.45. The molecule has 0 aliphatic rings. The van der Waals surface area contributed by atoms with Crippen LogP contribution in [0.5, 0.6) is 5.88 Å². The molecule has 0 radical (unpaired) electrons. The molecule has 0 aliphatic heterocycles. The molecule has 4 aromatic rings. The highest BCUT2D eigenvalue weighted by molar-refractivity contribution is 6.83. The molecular weight excluding hydrogens is 500 g/mol. The molecule has 0 unspecified atom stereocenters. The largest absolute Gasteiger partial charge is 0.426 e. The van der Waals surface area contributed by atoms with Crippen molar-refractivity contribution in [2.45, 2.75) is 46.2 Å². The number of ether oxygens (including phenoxy) is 1. The van der Waals surface area contributed by atoms with Gasteiger partial charge in [-0.2, -0.15) is 0 Å². The highest BCUT2D eigenvalue weighted by atomic mass is 28.3. The Kier molecular flexibility index (Phi) is 7.02. The van der Waals surface area contributed by atoms with E-state index in [1.54, 1.807) is 11.5 Å². The van der Waals surface area contributed by atoms with Gasteiger partial charge in [-0.05, 0) is 63.5 Å². The fraction of sp³-hybridized carbons (Fsp3) is 0.269. The van der Waals surface area contributed by atoms with Crippen LogP contribution in [0, 0.1) is 0 Å². The molecule has 9 nitrogen and oxygen atoms in total. The molecular formula is C26H33N6O3Si2+.